The van der Waals surface area contributed by atoms with E-state index in [1.54, 1.807) is 0 Å². The standard InChI is InChI=1S/C16H25NO2/c1-3-10-17-13(2)15-6-4-5-7-16(15)19-12-18-11-14-8-9-14/h4-7,13-14,17H,3,8-12H2,1-2H3. The molecule has 1 aliphatic carbocycles. The predicted octanol–water partition coefficient (Wildman–Crippen LogP) is 3.51. The third-order valence-corrected chi connectivity index (χ3v) is 3.43. The zero-order valence-electron chi connectivity index (χ0n) is 12.0. The zero-order valence-corrected chi connectivity index (χ0v) is 12.0. The van der Waals surface area contributed by atoms with E-state index in [4.69, 9.17) is 9.47 Å². The molecule has 1 N–H and O–H groups in total. The molecule has 1 unspecified atom stereocenters. The van der Waals surface area contributed by atoms with Crippen LogP contribution in [0.3, 0.4) is 0 Å². The summed E-state index contributed by atoms with van der Waals surface area (Å²) in [5.74, 6) is 1.71. The van der Waals surface area contributed by atoms with Crippen LogP contribution in [0.1, 0.15) is 44.7 Å². The number of benzene rings is 1. The monoisotopic (exact) mass is 263 g/mol. The number of ether oxygens (including phenoxy) is 2. The summed E-state index contributed by atoms with van der Waals surface area (Å²) in [6, 6.07) is 8.49. The molecule has 0 amide bonds. The molecule has 0 aliphatic heterocycles. The van der Waals surface area contributed by atoms with Crippen LogP contribution < -0.4 is 10.1 Å². The molecule has 0 saturated heterocycles. The van der Waals surface area contributed by atoms with Crippen molar-refractivity contribution >= 4 is 0 Å². The van der Waals surface area contributed by atoms with Gasteiger partial charge >= 0.3 is 0 Å². The lowest BCUT2D eigenvalue weighted by Crippen LogP contribution is -2.20. The van der Waals surface area contributed by atoms with Crippen LogP contribution in [0.15, 0.2) is 24.3 Å². The Kier molecular flexibility index (Phi) is 5.67. The number of rotatable bonds is 9. The molecule has 3 nitrogen and oxygen atoms in total. The van der Waals surface area contributed by atoms with Crippen molar-refractivity contribution in [3.05, 3.63) is 29.8 Å². The van der Waals surface area contributed by atoms with Gasteiger partial charge in [-0.1, -0.05) is 25.1 Å². The van der Waals surface area contributed by atoms with E-state index < -0.39 is 0 Å². The van der Waals surface area contributed by atoms with Gasteiger partial charge < -0.3 is 14.8 Å². The summed E-state index contributed by atoms with van der Waals surface area (Å²) < 4.78 is 11.3. The Labute approximate surface area is 116 Å². The molecule has 1 saturated carbocycles. The molecule has 0 spiro atoms. The average Bonchev–Trinajstić information content (AvgIpc) is 3.25. The van der Waals surface area contributed by atoms with E-state index in [9.17, 15) is 0 Å². The SMILES string of the molecule is CCCNC(C)c1ccccc1OCOCC1CC1. The Bertz CT molecular complexity index is 377. The maximum Gasteiger partial charge on any atom is 0.189 e. The van der Waals surface area contributed by atoms with Gasteiger partial charge in [-0.2, -0.15) is 0 Å². The first-order valence-corrected chi connectivity index (χ1v) is 7.34. The van der Waals surface area contributed by atoms with Gasteiger partial charge in [-0.15, -0.1) is 0 Å². The summed E-state index contributed by atoms with van der Waals surface area (Å²) in [5.41, 5.74) is 1.20. The fourth-order valence-electron chi connectivity index (χ4n) is 2.04. The van der Waals surface area contributed by atoms with E-state index in [0.717, 1.165) is 31.2 Å². The minimum Gasteiger partial charge on any atom is -0.467 e. The van der Waals surface area contributed by atoms with E-state index in [-0.39, 0.29) is 0 Å². The molecule has 1 aromatic carbocycles. The van der Waals surface area contributed by atoms with Gasteiger partial charge in [0.2, 0.25) is 0 Å². The molecular formula is C16H25NO2. The second kappa shape index (κ2) is 7.51. The van der Waals surface area contributed by atoms with Crippen molar-refractivity contribution in [3.63, 3.8) is 0 Å². The molecule has 1 aliphatic rings. The number of hydrogen-bond donors (Lipinski definition) is 1. The highest BCUT2D eigenvalue weighted by Gasteiger charge is 2.21. The lowest BCUT2D eigenvalue weighted by atomic mass is 10.1. The Morgan fingerprint density at radius 2 is 2.11 bits per heavy atom. The van der Waals surface area contributed by atoms with E-state index >= 15 is 0 Å². The second-order valence-corrected chi connectivity index (χ2v) is 5.29. The largest absolute Gasteiger partial charge is 0.467 e. The van der Waals surface area contributed by atoms with Gasteiger partial charge in [-0.3, -0.25) is 0 Å². The molecule has 3 heteroatoms. The molecule has 19 heavy (non-hydrogen) atoms. The highest BCUT2D eigenvalue weighted by molar-refractivity contribution is 5.35. The van der Waals surface area contributed by atoms with Gasteiger partial charge in [-0.25, -0.2) is 0 Å². The molecule has 1 aromatic rings. The van der Waals surface area contributed by atoms with Crippen LogP contribution in [-0.4, -0.2) is 19.9 Å². The van der Waals surface area contributed by atoms with Crippen LogP contribution >= 0.6 is 0 Å². The van der Waals surface area contributed by atoms with Crippen LogP contribution in [-0.2, 0) is 4.74 Å². The first-order valence-electron chi connectivity index (χ1n) is 7.34. The highest BCUT2D eigenvalue weighted by atomic mass is 16.7. The maximum absolute atomic E-state index is 5.75. The normalized spacial score (nSPS) is 16.3. The molecule has 0 aromatic heterocycles. The summed E-state index contributed by atoms with van der Waals surface area (Å²) in [6.45, 7) is 6.56. The molecule has 1 fully saturated rings. The van der Waals surface area contributed by atoms with Gasteiger partial charge in [0, 0.05) is 11.6 Å². The molecule has 1 atom stereocenters. The minimum atomic E-state index is 0.305. The van der Waals surface area contributed by atoms with E-state index in [0.29, 0.717) is 12.8 Å². The third-order valence-electron chi connectivity index (χ3n) is 3.43. The van der Waals surface area contributed by atoms with Crippen molar-refractivity contribution in [2.45, 2.75) is 39.2 Å². The average molecular weight is 263 g/mol. The first kappa shape index (κ1) is 14.4. The summed E-state index contributed by atoms with van der Waals surface area (Å²) in [6.07, 6.45) is 3.76. The molecule has 0 bridgehead atoms. The second-order valence-electron chi connectivity index (χ2n) is 5.29. The van der Waals surface area contributed by atoms with E-state index in [2.05, 4.69) is 31.3 Å². The van der Waals surface area contributed by atoms with Gasteiger partial charge in [0.1, 0.15) is 5.75 Å². The fourth-order valence-corrected chi connectivity index (χ4v) is 2.04. The Balaban J connectivity index is 1.83. The van der Waals surface area contributed by atoms with Crippen LogP contribution in [0.25, 0.3) is 0 Å². The van der Waals surface area contributed by atoms with Crippen LogP contribution in [0.2, 0.25) is 0 Å². The quantitative estimate of drug-likeness (QED) is 0.546. The van der Waals surface area contributed by atoms with Crippen molar-refractivity contribution in [2.24, 2.45) is 5.92 Å². The minimum absolute atomic E-state index is 0.305. The van der Waals surface area contributed by atoms with E-state index in [1.807, 2.05) is 12.1 Å². The lowest BCUT2D eigenvalue weighted by molar-refractivity contribution is 0.00924. The van der Waals surface area contributed by atoms with Gasteiger partial charge in [-0.05, 0) is 44.7 Å². The number of para-hydroxylation sites is 1. The van der Waals surface area contributed by atoms with Gasteiger partial charge in [0.05, 0.1) is 6.61 Å². The molecule has 106 valence electrons. The summed E-state index contributed by atoms with van der Waals surface area (Å²) in [7, 11) is 0. The summed E-state index contributed by atoms with van der Waals surface area (Å²) in [5, 5.41) is 3.49. The van der Waals surface area contributed by atoms with Crippen molar-refractivity contribution < 1.29 is 9.47 Å². The number of hydrogen-bond acceptors (Lipinski definition) is 3. The Morgan fingerprint density at radius 1 is 1.32 bits per heavy atom. The summed E-state index contributed by atoms with van der Waals surface area (Å²) in [4.78, 5) is 0. The molecular weight excluding hydrogens is 238 g/mol. The van der Waals surface area contributed by atoms with Crippen molar-refractivity contribution in [2.75, 3.05) is 19.9 Å². The first-order chi connectivity index (χ1) is 9.31. The highest BCUT2D eigenvalue weighted by Crippen LogP contribution is 2.29. The maximum atomic E-state index is 5.75. The van der Waals surface area contributed by atoms with Crippen LogP contribution in [0.4, 0.5) is 0 Å². The fraction of sp³-hybridized carbons (Fsp3) is 0.625. The molecule has 2 rings (SSSR count). The molecule has 0 heterocycles. The molecule has 0 radical (unpaired) electrons. The van der Waals surface area contributed by atoms with Crippen molar-refractivity contribution in [1.82, 2.24) is 5.32 Å². The zero-order chi connectivity index (χ0) is 13.5. The Hall–Kier alpha value is -1.06. The third kappa shape index (κ3) is 4.84. The number of nitrogens with one attached hydrogen (secondary N) is 1. The Morgan fingerprint density at radius 3 is 2.84 bits per heavy atom. The van der Waals surface area contributed by atoms with Crippen molar-refractivity contribution in [1.29, 1.82) is 0 Å². The van der Waals surface area contributed by atoms with Crippen LogP contribution in [0, 0.1) is 5.92 Å². The van der Waals surface area contributed by atoms with Gasteiger partial charge in [0.15, 0.2) is 6.79 Å². The lowest BCUT2D eigenvalue weighted by Gasteiger charge is -2.18. The van der Waals surface area contributed by atoms with Crippen LogP contribution in [0.5, 0.6) is 5.75 Å². The topological polar surface area (TPSA) is 30.5 Å². The smallest absolute Gasteiger partial charge is 0.189 e. The predicted molar refractivity (Wildman–Crippen MR) is 77.3 cm³/mol. The van der Waals surface area contributed by atoms with Gasteiger partial charge in [0.25, 0.3) is 0 Å². The van der Waals surface area contributed by atoms with E-state index in [1.165, 1.54) is 18.4 Å². The summed E-state index contributed by atoms with van der Waals surface area (Å²) >= 11 is 0. The van der Waals surface area contributed by atoms with Crippen molar-refractivity contribution in [3.8, 4) is 5.75 Å².